The largest absolute Gasteiger partial charge is 0.355 e. The zero-order chi connectivity index (χ0) is 11.9. The van der Waals surface area contributed by atoms with Crippen molar-refractivity contribution in [2.45, 2.75) is 19.4 Å². The van der Waals surface area contributed by atoms with Crippen molar-refractivity contribution in [1.29, 1.82) is 0 Å². The summed E-state index contributed by atoms with van der Waals surface area (Å²) in [6.07, 6.45) is 1.81. The standard InChI is InChI=1S/C11H24N4.HI/c1-7-8-13-10(12-4)14-9-11(2,3)15(5)6;/h7H,1,8-9H2,2-6H3,(H2,12,13,14);1H. The van der Waals surface area contributed by atoms with Crippen LogP contribution in [0, 0.1) is 0 Å². The minimum atomic E-state index is 0. The number of hydrogen-bond acceptors (Lipinski definition) is 2. The van der Waals surface area contributed by atoms with Gasteiger partial charge in [-0.25, -0.2) is 0 Å². The molecule has 0 aliphatic carbocycles. The quantitative estimate of drug-likeness (QED) is 0.343. The van der Waals surface area contributed by atoms with Gasteiger partial charge in [-0.15, -0.1) is 30.6 Å². The highest BCUT2D eigenvalue weighted by atomic mass is 127. The van der Waals surface area contributed by atoms with Crippen LogP contribution in [0.4, 0.5) is 0 Å². The zero-order valence-electron chi connectivity index (χ0n) is 11.0. The summed E-state index contributed by atoms with van der Waals surface area (Å²) in [6, 6.07) is 0. The van der Waals surface area contributed by atoms with Gasteiger partial charge >= 0.3 is 0 Å². The number of nitrogens with zero attached hydrogens (tertiary/aromatic N) is 2. The molecule has 0 fully saturated rings. The van der Waals surface area contributed by atoms with E-state index in [1.807, 2.05) is 6.08 Å². The highest BCUT2D eigenvalue weighted by molar-refractivity contribution is 14.0. The molecular weight excluding hydrogens is 315 g/mol. The van der Waals surface area contributed by atoms with Crippen molar-refractivity contribution in [3.8, 4) is 0 Å². The maximum Gasteiger partial charge on any atom is 0.191 e. The molecule has 0 radical (unpaired) electrons. The van der Waals surface area contributed by atoms with Crippen LogP contribution in [-0.4, -0.2) is 50.6 Å². The number of nitrogens with one attached hydrogen (secondary N) is 2. The molecule has 0 rings (SSSR count). The normalized spacial score (nSPS) is 12.0. The van der Waals surface area contributed by atoms with Crippen molar-refractivity contribution >= 4 is 29.9 Å². The molecule has 16 heavy (non-hydrogen) atoms. The lowest BCUT2D eigenvalue weighted by molar-refractivity contribution is 0.197. The van der Waals surface area contributed by atoms with Gasteiger partial charge in [0.25, 0.3) is 0 Å². The third kappa shape index (κ3) is 7.05. The Kier molecular flexibility index (Phi) is 9.95. The average Bonchev–Trinajstić information content (AvgIpc) is 2.18. The molecule has 0 saturated carbocycles. The SMILES string of the molecule is C=CCNC(=NC)NCC(C)(C)N(C)C.I. The van der Waals surface area contributed by atoms with Gasteiger partial charge in [0.1, 0.15) is 0 Å². The van der Waals surface area contributed by atoms with Gasteiger partial charge in [-0.3, -0.25) is 4.99 Å². The number of halogens is 1. The predicted octanol–water partition coefficient (Wildman–Crippen LogP) is 1.30. The van der Waals surface area contributed by atoms with Crippen LogP contribution in [0.15, 0.2) is 17.6 Å². The summed E-state index contributed by atoms with van der Waals surface area (Å²) in [4.78, 5) is 6.30. The van der Waals surface area contributed by atoms with Crippen LogP contribution >= 0.6 is 24.0 Å². The van der Waals surface area contributed by atoms with E-state index in [0.717, 1.165) is 19.0 Å². The summed E-state index contributed by atoms with van der Waals surface area (Å²) in [7, 11) is 5.91. The molecular formula is C11H25IN4. The van der Waals surface area contributed by atoms with Crippen LogP contribution in [0.1, 0.15) is 13.8 Å². The Bertz CT molecular complexity index is 224. The molecule has 0 heterocycles. The van der Waals surface area contributed by atoms with E-state index in [9.17, 15) is 0 Å². The van der Waals surface area contributed by atoms with Crippen molar-refractivity contribution in [3.63, 3.8) is 0 Å². The molecule has 96 valence electrons. The molecule has 5 heteroatoms. The van der Waals surface area contributed by atoms with Crippen LogP contribution in [0.5, 0.6) is 0 Å². The molecule has 0 unspecified atom stereocenters. The molecule has 0 atom stereocenters. The fourth-order valence-electron chi connectivity index (χ4n) is 0.848. The van der Waals surface area contributed by atoms with E-state index in [1.54, 1.807) is 7.05 Å². The summed E-state index contributed by atoms with van der Waals surface area (Å²) < 4.78 is 0. The van der Waals surface area contributed by atoms with E-state index in [-0.39, 0.29) is 29.5 Å². The predicted molar refractivity (Wildman–Crippen MR) is 82.7 cm³/mol. The van der Waals surface area contributed by atoms with Crippen molar-refractivity contribution in [1.82, 2.24) is 15.5 Å². The second kappa shape index (κ2) is 8.81. The van der Waals surface area contributed by atoms with Crippen LogP contribution in [0.3, 0.4) is 0 Å². The van der Waals surface area contributed by atoms with Crippen molar-refractivity contribution in [2.75, 3.05) is 34.2 Å². The van der Waals surface area contributed by atoms with Gasteiger partial charge < -0.3 is 15.5 Å². The Morgan fingerprint density at radius 3 is 2.31 bits per heavy atom. The highest BCUT2D eigenvalue weighted by Gasteiger charge is 2.20. The number of guanidine groups is 1. The third-order valence-corrected chi connectivity index (χ3v) is 2.54. The van der Waals surface area contributed by atoms with Gasteiger partial charge in [-0.1, -0.05) is 6.08 Å². The fourth-order valence-corrected chi connectivity index (χ4v) is 0.848. The van der Waals surface area contributed by atoms with Gasteiger partial charge in [0.05, 0.1) is 0 Å². The first kappa shape index (κ1) is 18.1. The molecule has 0 aliphatic heterocycles. The van der Waals surface area contributed by atoms with Crippen LogP contribution in [0.2, 0.25) is 0 Å². The first-order valence-corrected chi connectivity index (χ1v) is 5.17. The monoisotopic (exact) mass is 340 g/mol. The zero-order valence-corrected chi connectivity index (χ0v) is 13.3. The smallest absolute Gasteiger partial charge is 0.191 e. The molecule has 2 N–H and O–H groups in total. The molecule has 4 nitrogen and oxygen atoms in total. The van der Waals surface area contributed by atoms with Crippen LogP contribution in [-0.2, 0) is 0 Å². The van der Waals surface area contributed by atoms with Gasteiger partial charge in [0.15, 0.2) is 5.96 Å². The molecule has 0 amide bonds. The number of likely N-dealkylation sites (N-methyl/N-ethyl adjacent to an activating group) is 1. The molecule has 0 aliphatic rings. The number of rotatable bonds is 5. The number of hydrogen-bond donors (Lipinski definition) is 2. The van der Waals surface area contributed by atoms with E-state index in [2.05, 4.69) is 55.0 Å². The van der Waals surface area contributed by atoms with E-state index in [4.69, 9.17) is 0 Å². The summed E-state index contributed by atoms with van der Waals surface area (Å²) >= 11 is 0. The molecule has 0 aromatic rings. The molecule has 0 saturated heterocycles. The Morgan fingerprint density at radius 1 is 1.38 bits per heavy atom. The third-order valence-electron chi connectivity index (χ3n) is 2.54. The minimum Gasteiger partial charge on any atom is -0.355 e. The Morgan fingerprint density at radius 2 is 1.94 bits per heavy atom. The van der Waals surface area contributed by atoms with E-state index < -0.39 is 0 Å². The minimum absolute atomic E-state index is 0. The molecule has 0 bridgehead atoms. The number of aliphatic imine (C=N–C) groups is 1. The first-order valence-electron chi connectivity index (χ1n) is 5.17. The summed E-state index contributed by atoms with van der Waals surface area (Å²) in [5, 5.41) is 6.41. The lowest BCUT2D eigenvalue weighted by Crippen LogP contribution is -2.50. The van der Waals surface area contributed by atoms with E-state index >= 15 is 0 Å². The van der Waals surface area contributed by atoms with Crippen molar-refractivity contribution in [3.05, 3.63) is 12.7 Å². The van der Waals surface area contributed by atoms with Gasteiger partial charge in [0, 0.05) is 25.7 Å². The second-order valence-electron chi connectivity index (χ2n) is 4.30. The topological polar surface area (TPSA) is 39.7 Å². The Labute approximate surface area is 117 Å². The van der Waals surface area contributed by atoms with Crippen molar-refractivity contribution < 1.29 is 0 Å². The second-order valence-corrected chi connectivity index (χ2v) is 4.30. The lowest BCUT2D eigenvalue weighted by Gasteiger charge is -2.33. The van der Waals surface area contributed by atoms with Gasteiger partial charge in [-0.2, -0.15) is 0 Å². The molecule has 0 aromatic carbocycles. The Balaban J connectivity index is 0. The summed E-state index contributed by atoms with van der Waals surface area (Å²) in [5.41, 5.74) is 0.103. The summed E-state index contributed by atoms with van der Waals surface area (Å²) in [6.45, 7) is 9.58. The first-order chi connectivity index (χ1) is 6.94. The molecule has 0 aromatic heterocycles. The highest BCUT2D eigenvalue weighted by Crippen LogP contribution is 2.07. The van der Waals surface area contributed by atoms with E-state index in [0.29, 0.717) is 0 Å². The van der Waals surface area contributed by atoms with E-state index in [1.165, 1.54) is 0 Å². The van der Waals surface area contributed by atoms with Crippen molar-refractivity contribution in [2.24, 2.45) is 4.99 Å². The van der Waals surface area contributed by atoms with Crippen LogP contribution in [0.25, 0.3) is 0 Å². The van der Waals surface area contributed by atoms with Crippen LogP contribution < -0.4 is 10.6 Å². The van der Waals surface area contributed by atoms with Gasteiger partial charge in [0.2, 0.25) is 0 Å². The maximum atomic E-state index is 4.12. The maximum absolute atomic E-state index is 4.12. The summed E-state index contributed by atoms with van der Waals surface area (Å²) in [5.74, 6) is 0.810. The molecule has 0 spiro atoms. The lowest BCUT2D eigenvalue weighted by atomic mass is 10.0. The Hall–Kier alpha value is -0.300. The average molecular weight is 340 g/mol. The van der Waals surface area contributed by atoms with Gasteiger partial charge in [-0.05, 0) is 27.9 Å². The fraction of sp³-hybridized carbons (Fsp3) is 0.727.